The second kappa shape index (κ2) is 5.40. The van der Waals surface area contributed by atoms with Crippen molar-refractivity contribution < 1.29 is 0 Å². The van der Waals surface area contributed by atoms with Crippen LogP contribution in [0.2, 0.25) is 5.15 Å². The quantitative estimate of drug-likeness (QED) is 0.852. The Balaban J connectivity index is 2.08. The standard InChI is InChI=1S/C15H21ClN2O2/c1-9-6-7-11(8-9)18-14(19)12(10-4-2-3-5-10)13(16)17-15(18)20/h9-11H,2-8H2,1H3,(H,17,20). The summed E-state index contributed by atoms with van der Waals surface area (Å²) in [7, 11) is 0. The van der Waals surface area contributed by atoms with E-state index in [9.17, 15) is 9.59 Å². The highest BCUT2D eigenvalue weighted by atomic mass is 35.5. The van der Waals surface area contributed by atoms with E-state index in [1.165, 1.54) is 4.57 Å². The van der Waals surface area contributed by atoms with Crippen LogP contribution in [0.15, 0.2) is 9.59 Å². The average Bonchev–Trinajstić information content (AvgIpc) is 3.01. The minimum absolute atomic E-state index is 0.0404. The molecule has 1 aromatic rings. The van der Waals surface area contributed by atoms with Gasteiger partial charge in [0.1, 0.15) is 5.15 Å². The fourth-order valence-corrected chi connectivity index (χ4v) is 4.16. The predicted molar refractivity (Wildman–Crippen MR) is 79.6 cm³/mol. The van der Waals surface area contributed by atoms with Gasteiger partial charge in [-0.05, 0) is 43.9 Å². The Labute approximate surface area is 123 Å². The summed E-state index contributed by atoms with van der Waals surface area (Å²) in [5.41, 5.74) is 0.147. The zero-order valence-corrected chi connectivity index (χ0v) is 12.6. The van der Waals surface area contributed by atoms with Crippen LogP contribution in [0.3, 0.4) is 0 Å². The van der Waals surface area contributed by atoms with Gasteiger partial charge in [0.05, 0.1) is 5.56 Å². The fraction of sp³-hybridized carbons (Fsp3) is 0.733. The molecule has 2 atom stereocenters. The van der Waals surface area contributed by atoms with Crippen LogP contribution in [0.4, 0.5) is 0 Å². The Morgan fingerprint density at radius 1 is 1.15 bits per heavy atom. The van der Waals surface area contributed by atoms with Crippen LogP contribution in [0.5, 0.6) is 0 Å². The summed E-state index contributed by atoms with van der Waals surface area (Å²) in [6.07, 6.45) is 7.19. The van der Waals surface area contributed by atoms with E-state index in [0.29, 0.717) is 11.5 Å². The lowest BCUT2D eigenvalue weighted by molar-refractivity contribution is 0.454. The first-order valence-corrected chi connectivity index (χ1v) is 8.00. The van der Waals surface area contributed by atoms with E-state index in [4.69, 9.17) is 11.6 Å². The highest BCUT2D eigenvalue weighted by Gasteiger charge is 2.29. The Kier molecular flexibility index (Phi) is 3.76. The smallest absolute Gasteiger partial charge is 0.297 e. The van der Waals surface area contributed by atoms with E-state index in [2.05, 4.69) is 11.9 Å². The molecule has 110 valence electrons. The summed E-state index contributed by atoms with van der Waals surface area (Å²) in [6, 6.07) is 0.0404. The van der Waals surface area contributed by atoms with Crippen LogP contribution in [0.25, 0.3) is 0 Å². The van der Waals surface area contributed by atoms with E-state index in [-0.39, 0.29) is 28.4 Å². The average molecular weight is 297 g/mol. The van der Waals surface area contributed by atoms with Gasteiger partial charge in [0, 0.05) is 6.04 Å². The van der Waals surface area contributed by atoms with Crippen molar-refractivity contribution in [3.05, 3.63) is 31.6 Å². The Morgan fingerprint density at radius 3 is 2.45 bits per heavy atom. The van der Waals surface area contributed by atoms with E-state index in [1.807, 2.05) is 0 Å². The molecule has 1 N–H and O–H groups in total. The summed E-state index contributed by atoms with van der Waals surface area (Å²) < 4.78 is 1.43. The van der Waals surface area contributed by atoms with Gasteiger partial charge in [-0.15, -0.1) is 0 Å². The third kappa shape index (κ3) is 2.34. The van der Waals surface area contributed by atoms with Crippen molar-refractivity contribution in [3.8, 4) is 0 Å². The molecule has 0 radical (unpaired) electrons. The van der Waals surface area contributed by atoms with Crippen LogP contribution in [-0.4, -0.2) is 9.55 Å². The van der Waals surface area contributed by atoms with Crippen LogP contribution in [0, 0.1) is 5.92 Å². The molecule has 0 bridgehead atoms. The third-order valence-corrected chi connectivity index (χ3v) is 5.21. The molecule has 2 fully saturated rings. The Bertz CT molecular complexity index is 613. The number of nitrogens with zero attached hydrogens (tertiary/aromatic N) is 1. The largest absolute Gasteiger partial charge is 0.329 e. The third-order valence-electron chi connectivity index (χ3n) is 4.92. The molecule has 0 saturated heterocycles. The monoisotopic (exact) mass is 296 g/mol. The van der Waals surface area contributed by atoms with E-state index >= 15 is 0 Å². The first-order chi connectivity index (χ1) is 9.58. The summed E-state index contributed by atoms with van der Waals surface area (Å²) in [5.74, 6) is 0.800. The second-order valence-corrected chi connectivity index (χ2v) is 6.76. The molecule has 0 spiro atoms. The molecule has 2 saturated carbocycles. The predicted octanol–water partition coefficient (Wildman–Crippen LogP) is 3.21. The van der Waals surface area contributed by atoms with Crippen LogP contribution in [-0.2, 0) is 0 Å². The number of halogens is 1. The second-order valence-electron chi connectivity index (χ2n) is 6.39. The number of aromatic nitrogens is 2. The molecule has 1 heterocycles. The maximum absolute atomic E-state index is 12.7. The first-order valence-electron chi connectivity index (χ1n) is 7.62. The Morgan fingerprint density at radius 2 is 1.85 bits per heavy atom. The lowest BCUT2D eigenvalue weighted by Gasteiger charge is -2.17. The van der Waals surface area contributed by atoms with Crippen molar-refractivity contribution in [2.75, 3.05) is 0 Å². The highest BCUT2D eigenvalue weighted by molar-refractivity contribution is 6.30. The number of hydrogen-bond donors (Lipinski definition) is 1. The summed E-state index contributed by atoms with van der Waals surface area (Å²) in [4.78, 5) is 27.6. The molecule has 2 aliphatic carbocycles. The maximum atomic E-state index is 12.7. The first kappa shape index (κ1) is 13.9. The van der Waals surface area contributed by atoms with Crippen molar-refractivity contribution in [2.45, 2.75) is 63.8 Å². The molecule has 2 unspecified atom stereocenters. The van der Waals surface area contributed by atoms with Crippen LogP contribution < -0.4 is 11.2 Å². The minimum Gasteiger partial charge on any atom is -0.297 e. The molecule has 0 amide bonds. The molecule has 3 rings (SSSR count). The molecular formula is C15H21ClN2O2. The number of H-pyrrole nitrogens is 1. The van der Waals surface area contributed by atoms with Gasteiger partial charge < -0.3 is 0 Å². The Hall–Kier alpha value is -1.03. The molecule has 1 aromatic heterocycles. The van der Waals surface area contributed by atoms with Gasteiger partial charge >= 0.3 is 5.69 Å². The summed E-state index contributed by atoms with van der Waals surface area (Å²) >= 11 is 6.15. The van der Waals surface area contributed by atoms with Gasteiger partial charge in [-0.1, -0.05) is 31.4 Å². The lowest BCUT2D eigenvalue weighted by Crippen LogP contribution is -2.40. The zero-order valence-electron chi connectivity index (χ0n) is 11.8. The molecule has 0 aliphatic heterocycles. The molecule has 0 aromatic carbocycles. The maximum Gasteiger partial charge on any atom is 0.329 e. The van der Waals surface area contributed by atoms with Gasteiger partial charge in [-0.2, -0.15) is 0 Å². The van der Waals surface area contributed by atoms with Gasteiger partial charge in [-0.25, -0.2) is 4.79 Å². The highest BCUT2D eigenvalue weighted by Crippen LogP contribution is 2.36. The van der Waals surface area contributed by atoms with Crippen molar-refractivity contribution in [1.29, 1.82) is 0 Å². The van der Waals surface area contributed by atoms with Gasteiger partial charge in [-0.3, -0.25) is 14.3 Å². The van der Waals surface area contributed by atoms with E-state index in [0.717, 1.165) is 44.9 Å². The van der Waals surface area contributed by atoms with Crippen molar-refractivity contribution >= 4 is 11.6 Å². The SMILES string of the molecule is CC1CCC(n2c(=O)[nH]c(Cl)c(C3CCCC3)c2=O)C1. The van der Waals surface area contributed by atoms with Crippen molar-refractivity contribution in [2.24, 2.45) is 5.92 Å². The number of rotatable bonds is 2. The van der Waals surface area contributed by atoms with Gasteiger partial charge in [0.25, 0.3) is 5.56 Å². The summed E-state index contributed by atoms with van der Waals surface area (Å²) in [6.45, 7) is 2.17. The number of aromatic amines is 1. The zero-order chi connectivity index (χ0) is 14.3. The summed E-state index contributed by atoms with van der Waals surface area (Å²) in [5, 5.41) is 0.259. The van der Waals surface area contributed by atoms with Gasteiger partial charge in [0.15, 0.2) is 0 Å². The topological polar surface area (TPSA) is 54.9 Å². The molecule has 4 nitrogen and oxygen atoms in total. The van der Waals surface area contributed by atoms with Crippen LogP contribution in [0.1, 0.15) is 69.4 Å². The fourth-order valence-electron chi connectivity index (χ4n) is 3.85. The number of hydrogen-bond acceptors (Lipinski definition) is 2. The normalized spacial score (nSPS) is 27.3. The van der Waals surface area contributed by atoms with Crippen molar-refractivity contribution in [1.82, 2.24) is 9.55 Å². The molecule has 2 aliphatic rings. The van der Waals surface area contributed by atoms with Crippen LogP contribution >= 0.6 is 11.6 Å². The van der Waals surface area contributed by atoms with E-state index < -0.39 is 0 Å². The molecular weight excluding hydrogens is 276 g/mol. The van der Waals surface area contributed by atoms with E-state index in [1.54, 1.807) is 0 Å². The minimum atomic E-state index is -0.346. The van der Waals surface area contributed by atoms with Gasteiger partial charge in [0.2, 0.25) is 0 Å². The lowest BCUT2D eigenvalue weighted by atomic mass is 10.0. The number of nitrogens with one attached hydrogen (secondary N) is 1. The van der Waals surface area contributed by atoms with Crippen molar-refractivity contribution in [3.63, 3.8) is 0 Å². The molecule has 5 heteroatoms. The molecule has 20 heavy (non-hydrogen) atoms.